The van der Waals surface area contributed by atoms with Gasteiger partial charge in [-0.05, 0) is 13.0 Å². The third kappa shape index (κ3) is 2.67. The van der Waals surface area contributed by atoms with Crippen LogP contribution in [0, 0.1) is 5.41 Å². The van der Waals surface area contributed by atoms with Crippen LogP contribution in [0.1, 0.15) is 6.42 Å². The van der Waals surface area contributed by atoms with Gasteiger partial charge in [-0.1, -0.05) is 0 Å². The van der Waals surface area contributed by atoms with Crippen molar-refractivity contribution in [2.75, 3.05) is 53.1 Å². The molecule has 2 fully saturated rings. The lowest BCUT2D eigenvalue weighted by Gasteiger charge is -2.46. The van der Waals surface area contributed by atoms with Crippen molar-refractivity contribution >= 4 is 15.9 Å². The molecule has 0 aromatic carbocycles. The van der Waals surface area contributed by atoms with Crippen molar-refractivity contribution in [3.63, 3.8) is 0 Å². The Bertz CT molecular complexity index is 440. The Balaban J connectivity index is 1.86. The van der Waals surface area contributed by atoms with Crippen molar-refractivity contribution in [2.24, 2.45) is 5.41 Å². The summed E-state index contributed by atoms with van der Waals surface area (Å²) in [7, 11) is 0.462. The van der Waals surface area contributed by atoms with Crippen LogP contribution in [0.4, 0.5) is 0 Å². The molecule has 2 aliphatic heterocycles. The molecule has 0 atom stereocenters. The summed E-state index contributed by atoms with van der Waals surface area (Å²) in [4.78, 5) is 15.3. The number of carbonyl (C=O) groups excluding carboxylic acids is 1. The van der Waals surface area contributed by atoms with Gasteiger partial charge < -0.3 is 4.90 Å². The van der Waals surface area contributed by atoms with Gasteiger partial charge in [0.15, 0.2) is 0 Å². The molecule has 6 nitrogen and oxygen atoms in total. The number of hydrogen-bond donors (Lipinski definition) is 0. The highest BCUT2D eigenvalue weighted by atomic mass is 32.2. The van der Waals surface area contributed by atoms with Crippen LogP contribution in [-0.2, 0) is 14.8 Å². The highest BCUT2D eigenvalue weighted by Crippen LogP contribution is 2.40. The monoisotopic (exact) mass is 275 g/mol. The maximum Gasteiger partial charge on any atom is 0.236 e. The van der Waals surface area contributed by atoms with Gasteiger partial charge in [0.2, 0.25) is 15.9 Å². The molecule has 0 unspecified atom stereocenters. The summed E-state index contributed by atoms with van der Waals surface area (Å²) in [6.07, 6.45) is 2.24. The van der Waals surface area contributed by atoms with Crippen molar-refractivity contribution in [1.82, 2.24) is 14.1 Å². The number of sulfonamides is 1. The largest absolute Gasteiger partial charge is 0.348 e. The molecular weight excluding hydrogens is 254 g/mol. The minimum atomic E-state index is -3.04. The minimum Gasteiger partial charge on any atom is -0.348 e. The second kappa shape index (κ2) is 4.47. The molecule has 2 aliphatic rings. The van der Waals surface area contributed by atoms with Crippen molar-refractivity contribution in [1.29, 1.82) is 0 Å². The first-order valence-electron chi connectivity index (χ1n) is 6.10. The van der Waals surface area contributed by atoms with E-state index in [1.165, 1.54) is 10.6 Å². The summed E-state index contributed by atoms with van der Waals surface area (Å²) in [5.41, 5.74) is 0.0929. The molecule has 2 rings (SSSR count). The Morgan fingerprint density at radius 1 is 1.28 bits per heavy atom. The maximum absolute atomic E-state index is 11.6. The molecule has 7 heteroatoms. The van der Waals surface area contributed by atoms with Crippen LogP contribution in [0.2, 0.25) is 0 Å². The zero-order valence-corrected chi connectivity index (χ0v) is 12.0. The van der Waals surface area contributed by atoms with E-state index >= 15 is 0 Å². The number of nitrogens with zero attached hydrogens (tertiary/aromatic N) is 3. The van der Waals surface area contributed by atoms with Crippen molar-refractivity contribution in [3.05, 3.63) is 0 Å². The van der Waals surface area contributed by atoms with E-state index in [0.29, 0.717) is 19.6 Å². The highest BCUT2D eigenvalue weighted by Gasteiger charge is 2.50. The van der Waals surface area contributed by atoms with Crippen LogP contribution < -0.4 is 0 Å². The van der Waals surface area contributed by atoms with E-state index in [2.05, 4.69) is 4.90 Å². The smallest absolute Gasteiger partial charge is 0.236 e. The minimum absolute atomic E-state index is 0.0929. The first-order chi connectivity index (χ1) is 8.22. The summed E-state index contributed by atoms with van der Waals surface area (Å²) in [6, 6.07) is 0. The molecular formula is C11H21N3O3S. The number of likely N-dealkylation sites (tertiary alicyclic amines) is 1. The van der Waals surface area contributed by atoms with Gasteiger partial charge in [-0.2, -0.15) is 0 Å². The third-order valence-electron chi connectivity index (χ3n) is 3.87. The van der Waals surface area contributed by atoms with Gasteiger partial charge in [0.1, 0.15) is 0 Å². The molecule has 1 amide bonds. The standard InChI is InChI=1S/C11H21N3O3S/c1-12(2)10(15)6-13-5-4-11(7-13)8-14(9-11)18(3,16)17/h4-9H2,1-3H3. The van der Waals surface area contributed by atoms with Crippen LogP contribution in [0.25, 0.3) is 0 Å². The van der Waals surface area contributed by atoms with E-state index in [-0.39, 0.29) is 11.3 Å². The third-order valence-corrected chi connectivity index (χ3v) is 5.06. The second-order valence-electron chi connectivity index (χ2n) is 5.78. The number of carbonyl (C=O) groups is 1. The second-order valence-corrected chi connectivity index (χ2v) is 7.76. The van der Waals surface area contributed by atoms with E-state index in [0.717, 1.165) is 19.5 Å². The summed E-state index contributed by atoms with van der Waals surface area (Å²) in [6.45, 7) is 3.38. The number of amides is 1. The molecule has 0 N–H and O–H groups in total. The number of hydrogen-bond acceptors (Lipinski definition) is 4. The Hall–Kier alpha value is -0.660. The van der Waals surface area contributed by atoms with Crippen molar-refractivity contribution in [3.8, 4) is 0 Å². The van der Waals surface area contributed by atoms with Crippen LogP contribution >= 0.6 is 0 Å². The predicted octanol–water partition coefficient (Wildman–Crippen LogP) is -0.958. The Labute approximate surface area is 109 Å². The van der Waals surface area contributed by atoms with Gasteiger partial charge in [-0.25, -0.2) is 12.7 Å². The average Bonchev–Trinajstić information content (AvgIpc) is 2.58. The molecule has 0 aliphatic carbocycles. The number of rotatable bonds is 3. The van der Waals surface area contributed by atoms with Gasteiger partial charge >= 0.3 is 0 Å². The quantitative estimate of drug-likeness (QED) is 0.666. The van der Waals surface area contributed by atoms with Gasteiger partial charge in [0.25, 0.3) is 0 Å². The lowest BCUT2D eigenvalue weighted by molar-refractivity contribution is -0.129. The Kier molecular flexibility index (Phi) is 3.42. The van der Waals surface area contributed by atoms with Gasteiger partial charge in [-0.15, -0.1) is 0 Å². The van der Waals surface area contributed by atoms with Crippen LogP contribution in [0.3, 0.4) is 0 Å². The first kappa shape index (κ1) is 13.8. The number of likely N-dealkylation sites (N-methyl/N-ethyl adjacent to an activating group) is 1. The summed E-state index contributed by atoms with van der Waals surface area (Å²) < 4.78 is 24.2. The molecule has 0 bridgehead atoms. The van der Waals surface area contributed by atoms with Crippen LogP contribution in [0.5, 0.6) is 0 Å². The molecule has 18 heavy (non-hydrogen) atoms. The van der Waals surface area contributed by atoms with E-state index < -0.39 is 10.0 Å². The highest BCUT2D eigenvalue weighted by molar-refractivity contribution is 7.88. The molecule has 104 valence electrons. The molecule has 0 aromatic heterocycles. The fourth-order valence-corrected chi connectivity index (χ4v) is 3.71. The van der Waals surface area contributed by atoms with E-state index in [1.54, 1.807) is 19.0 Å². The molecule has 2 saturated heterocycles. The fraction of sp³-hybridized carbons (Fsp3) is 0.909. The summed E-state index contributed by atoms with van der Waals surface area (Å²) in [5, 5.41) is 0. The lowest BCUT2D eigenvalue weighted by Crippen LogP contribution is -2.59. The summed E-state index contributed by atoms with van der Waals surface area (Å²) >= 11 is 0. The average molecular weight is 275 g/mol. The molecule has 2 heterocycles. The molecule has 0 radical (unpaired) electrons. The van der Waals surface area contributed by atoms with Gasteiger partial charge in [0, 0.05) is 39.1 Å². The normalized spacial score (nSPS) is 24.2. The van der Waals surface area contributed by atoms with Crippen molar-refractivity contribution < 1.29 is 13.2 Å². The zero-order valence-electron chi connectivity index (χ0n) is 11.2. The molecule has 0 aromatic rings. The van der Waals surface area contributed by atoms with Gasteiger partial charge in [0.05, 0.1) is 12.8 Å². The van der Waals surface area contributed by atoms with Crippen molar-refractivity contribution in [2.45, 2.75) is 6.42 Å². The Morgan fingerprint density at radius 3 is 2.39 bits per heavy atom. The Morgan fingerprint density at radius 2 is 1.89 bits per heavy atom. The topological polar surface area (TPSA) is 60.9 Å². The van der Waals surface area contributed by atoms with E-state index in [4.69, 9.17) is 0 Å². The SMILES string of the molecule is CN(C)C(=O)CN1CCC2(C1)CN(S(C)(=O)=O)C2. The predicted molar refractivity (Wildman–Crippen MR) is 68.6 cm³/mol. The van der Waals surface area contributed by atoms with E-state index in [1.807, 2.05) is 0 Å². The molecule has 1 spiro atoms. The van der Waals surface area contributed by atoms with Crippen LogP contribution in [-0.4, -0.2) is 81.5 Å². The maximum atomic E-state index is 11.6. The summed E-state index contributed by atoms with van der Waals surface area (Å²) in [5.74, 6) is 0.103. The fourth-order valence-electron chi connectivity index (χ4n) is 2.69. The molecule has 0 saturated carbocycles. The van der Waals surface area contributed by atoms with E-state index in [9.17, 15) is 13.2 Å². The van der Waals surface area contributed by atoms with Gasteiger partial charge in [-0.3, -0.25) is 9.69 Å². The zero-order chi connectivity index (χ0) is 13.6. The van der Waals surface area contributed by atoms with Crippen LogP contribution in [0.15, 0.2) is 0 Å². The lowest BCUT2D eigenvalue weighted by atomic mass is 9.81. The first-order valence-corrected chi connectivity index (χ1v) is 7.94.